The summed E-state index contributed by atoms with van der Waals surface area (Å²) in [5.74, 6) is 0.0733. The van der Waals surface area contributed by atoms with Crippen LogP contribution in [0.3, 0.4) is 0 Å². The van der Waals surface area contributed by atoms with Crippen molar-refractivity contribution in [2.24, 2.45) is 0 Å². The highest BCUT2D eigenvalue weighted by Gasteiger charge is 2.04. The van der Waals surface area contributed by atoms with Gasteiger partial charge in [-0.05, 0) is 40.9 Å². The molecule has 0 spiro atoms. The van der Waals surface area contributed by atoms with Gasteiger partial charge in [-0.3, -0.25) is 4.79 Å². The first-order valence-corrected chi connectivity index (χ1v) is 5.21. The summed E-state index contributed by atoms with van der Waals surface area (Å²) < 4.78 is 0. The molecule has 0 heterocycles. The molecule has 0 aliphatic carbocycles. The maximum atomic E-state index is 11.1. The van der Waals surface area contributed by atoms with Crippen molar-refractivity contribution in [1.82, 2.24) is 15.5 Å². The van der Waals surface area contributed by atoms with E-state index in [1.807, 2.05) is 6.92 Å². The van der Waals surface area contributed by atoms with Crippen LogP contribution < -0.4 is 10.6 Å². The molecular formula is C10H23N3O. The standard InChI is InChI=1S/C10H23N3O/c1-5-11-10(14)8-12-9(2)6-7-13(3)4/h9,12H,5-8H2,1-4H3,(H,11,14). The highest BCUT2D eigenvalue weighted by atomic mass is 16.1. The van der Waals surface area contributed by atoms with Gasteiger partial charge in [0, 0.05) is 12.6 Å². The van der Waals surface area contributed by atoms with Gasteiger partial charge in [0.2, 0.25) is 5.91 Å². The highest BCUT2D eigenvalue weighted by Crippen LogP contribution is 1.91. The van der Waals surface area contributed by atoms with E-state index in [-0.39, 0.29) is 5.91 Å². The second-order valence-electron chi connectivity index (χ2n) is 3.83. The van der Waals surface area contributed by atoms with Crippen LogP contribution >= 0.6 is 0 Å². The molecule has 1 amide bonds. The first kappa shape index (κ1) is 13.4. The van der Waals surface area contributed by atoms with Crippen molar-refractivity contribution >= 4 is 5.91 Å². The average molecular weight is 201 g/mol. The van der Waals surface area contributed by atoms with Crippen molar-refractivity contribution < 1.29 is 4.79 Å². The summed E-state index contributed by atoms with van der Waals surface area (Å²) in [5, 5.41) is 5.94. The summed E-state index contributed by atoms with van der Waals surface area (Å²) >= 11 is 0. The monoisotopic (exact) mass is 201 g/mol. The molecule has 4 heteroatoms. The third-order valence-corrected chi connectivity index (χ3v) is 1.99. The molecule has 2 N–H and O–H groups in total. The summed E-state index contributed by atoms with van der Waals surface area (Å²) in [5.41, 5.74) is 0. The van der Waals surface area contributed by atoms with Gasteiger partial charge in [-0.15, -0.1) is 0 Å². The predicted octanol–water partition coefficient (Wildman–Crippen LogP) is 0.0523. The van der Waals surface area contributed by atoms with Gasteiger partial charge in [-0.2, -0.15) is 0 Å². The molecule has 0 saturated carbocycles. The largest absolute Gasteiger partial charge is 0.355 e. The first-order chi connectivity index (χ1) is 6.56. The number of carbonyl (C=O) groups excluding carboxylic acids is 1. The van der Waals surface area contributed by atoms with E-state index in [9.17, 15) is 4.79 Å². The average Bonchev–Trinajstić information content (AvgIpc) is 2.12. The van der Waals surface area contributed by atoms with E-state index in [4.69, 9.17) is 0 Å². The fraction of sp³-hybridized carbons (Fsp3) is 0.900. The Morgan fingerprint density at radius 1 is 1.43 bits per heavy atom. The van der Waals surface area contributed by atoms with E-state index >= 15 is 0 Å². The Bertz CT molecular complexity index is 159. The van der Waals surface area contributed by atoms with Gasteiger partial charge in [0.15, 0.2) is 0 Å². The predicted molar refractivity (Wildman–Crippen MR) is 59.3 cm³/mol. The lowest BCUT2D eigenvalue weighted by Crippen LogP contribution is -2.38. The summed E-state index contributed by atoms with van der Waals surface area (Å²) in [7, 11) is 4.10. The van der Waals surface area contributed by atoms with Gasteiger partial charge < -0.3 is 15.5 Å². The summed E-state index contributed by atoms with van der Waals surface area (Å²) in [6, 6.07) is 0.389. The fourth-order valence-corrected chi connectivity index (χ4v) is 1.08. The molecule has 1 atom stereocenters. The third-order valence-electron chi connectivity index (χ3n) is 1.99. The maximum absolute atomic E-state index is 11.1. The second-order valence-corrected chi connectivity index (χ2v) is 3.83. The zero-order chi connectivity index (χ0) is 11.0. The molecule has 0 radical (unpaired) electrons. The molecule has 4 nitrogen and oxygen atoms in total. The molecule has 0 aromatic rings. The number of amides is 1. The van der Waals surface area contributed by atoms with Crippen LogP contribution in [0.15, 0.2) is 0 Å². The van der Waals surface area contributed by atoms with E-state index in [1.54, 1.807) is 0 Å². The molecule has 84 valence electrons. The normalized spacial score (nSPS) is 12.9. The Balaban J connectivity index is 3.43. The van der Waals surface area contributed by atoms with Crippen LogP contribution in [0.5, 0.6) is 0 Å². The van der Waals surface area contributed by atoms with Crippen LogP contribution in [-0.4, -0.2) is 50.6 Å². The lowest BCUT2D eigenvalue weighted by molar-refractivity contribution is -0.120. The van der Waals surface area contributed by atoms with Gasteiger partial charge in [0.05, 0.1) is 6.54 Å². The molecule has 1 unspecified atom stereocenters. The van der Waals surface area contributed by atoms with Crippen molar-refractivity contribution in [3.63, 3.8) is 0 Å². The molecule has 0 rings (SSSR count). The number of hydrogen-bond acceptors (Lipinski definition) is 3. The molecule has 0 aromatic heterocycles. The fourth-order valence-electron chi connectivity index (χ4n) is 1.08. The van der Waals surface area contributed by atoms with Gasteiger partial charge >= 0.3 is 0 Å². The molecule has 0 fully saturated rings. The minimum Gasteiger partial charge on any atom is -0.355 e. The number of nitrogens with zero attached hydrogens (tertiary/aromatic N) is 1. The van der Waals surface area contributed by atoms with Crippen molar-refractivity contribution in [2.45, 2.75) is 26.3 Å². The zero-order valence-corrected chi connectivity index (χ0v) is 9.76. The van der Waals surface area contributed by atoms with Crippen LogP contribution in [0.1, 0.15) is 20.3 Å². The minimum atomic E-state index is 0.0733. The van der Waals surface area contributed by atoms with Crippen molar-refractivity contribution in [3.05, 3.63) is 0 Å². The number of nitrogens with one attached hydrogen (secondary N) is 2. The van der Waals surface area contributed by atoms with E-state index in [1.165, 1.54) is 0 Å². The van der Waals surface area contributed by atoms with Gasteiger partial charge in [-0.25, -0.2) is 0 Å². The molecule has 0 aliphatic rings. The smallest absolute Gasteiger partial charge is 0.233 e. The number of hydrogen-bond donors (Lipinski definition) is 2. The van der Waals surface area contributed by atoms with Gasteiger partial charge in [0.1, 0.15) is 0 Å². The Morgan fingerprint density at radius 2 is 2.07 bits per heavy atom. The summed E-state index contributed by atoms with van der Waals surface area (Å²) in [6.07, 6.45) is 1.06. The topological polar surface area (TPSA) is 44.4 Å². The Labute approximate surface area is 87.0 Å². The highest BCUT2D eigenvalue weighted by molar-refractivity contribution is 5.77. The SMILES string of the molecule is CCNC(=O)CNC(C)CCN(C)C. The maximum Gasteiger partial charge on any atom is 0.233 e. The van der Waals surface area contributed by atoms with Crippen molar-refractivity contribution in [2.75, 3.05) is 33.7 Å². The molecule has 0 aromatic carbocycles. The Kier molecular flexibility index (Phi) is 7.42. The summed E-state index contributed by atoms with van der Waals surface area (Å²) in [4.78, 5) is 13.2. The molecule has 0 aliphatic heterocycles. The number of likely N-dealkylation sites (N-methyl/N-ethyl adjacent to an activating group) is 1. The van der Waals surface area contributed by atoms with Crippen LogP contribution in [0.4, 0.5) is 0 Å². The molecular weight excluding hydrogens is 178 g/mol. The van der Waals surface area contributed by atoms with Crippen molar-refractivity contribution in [3.8, 4) is 0 Å². The zero-order valence-electron chi connectivity index (χ0n) is 9.76. The molecule has 0 bridgehead atoms. The summed E-state index contributed by atoms with van der Waals surface area (Å²) in [6.45, 7) is 6.19. The first-order valence-electron chi connectivity index (χ1n) is 5.21. The van der Waals surface area contributed by atoms with Gasteiger partial charge in [-0.1, -0.05) is 0 Å². The van der Waals surface area contributed by atoms with E-state index in [0.717, 1.165) is 13.0 Å². The number of carbonyl (C=O) groups is 1. The molecule has 14 heavy (non-hydrogen) atoms. The van der Waals surface area contributed by atoms with E-state index < -0.39 is 0 Å². The Hall–Kier alpha value is -0.610. The number of rotatable bonds is 7. The van der Waals surface area contributed by atoms with Crippen LogP contribution in [0.2, 0.25) is 0 Å². The van der Waals surface area contributed by atoms with Crippen molar-refractivity contribution in [1.29, 1.82) is 0 Å². The molecule has 0 saturated heterocycles. The van der Waals surface area contributed by atoms with Crippen LogP contribution in [0.25, 0.3) is 0 Å². The lowest BCUT2D eigenvalue weighted by atomic mass is 10.2. The quantitative estimate of drug-likeness (QED) is 0.612. The van der Waals surface area contributed by atoms with Crippen LogP contribution in [0, 0.1) is 0 Å². The second kappa shape index (κ2) is 7.76. The third kappa shape index (κ3) is 8.01. The van der Waals surface area contributed by atoms with E-state index in [2.05, 4.69) is 36.6 Å². The van der Waals surface area contributed by atoms with Crippen LogP contribution in [-0.2, 0) is 4.79 Å². The lowest BCUT2D eigenvalue weighted by Gasteiger charge is -2.16. The van der Waals surface area contributed by atoms with Gasteiger partial charge in [0.25, 0.3) is 0 Å². The minimum absolute atomic E-state index is 0.0733. The van der Waals surface area contributed by atoms with E-state index in [0.29, 0.717) is 19.1 Å². The Morgan fingerprint density at radius 3 is 2.57 bits per heavy atom.